The van der Waals surface area contributed by atoms with Gasteiger partial charge in [-0.1, -0.05) is 24.3 Å². The summed E-state index contributed by atoms with van der Waals surface area (Å²) in [4.78, 5) is 0. The first-order valence-corrected chi connectivity index (χ1v) is 4.87. The van der Waals surface area contributed by atoms with E-state index in [4.69, 9.17) is 0 Å². The Bertz CT molecular complexity index is 282. The average Bonchev–Trinajstić information content (AvgIpc) is 2.20. The standard InChI is InChI=1S/C11H16N2.ClH/c1-9-4-2-3-5-10(9)11-8-12-6-7-13-11;/h2-5,11-13H,6-8H2,1H3;1H/t11-;/m0./s1. The number of rotatable bonds is 1. The smallest absolute Gasteiger partial charge is 0.0449 e. The fourth-order valence-corrected chi connectivity index (χ4v) is 1.85. The number of hydrogen-bond acceptors (Lipinski definition) is 2. The summed E-state index contributed by atoms with van der Waals surface area (Å²) in [5.41, 5.74) is 2.80. The summed E-state index contributed by atoms with van der Waals surface area (Å²) in [5.74, 6) is 0. The maximum Gasteiger partial charge on any atom is 0.0449 e. The first kappa shape index (κ1) is 11.5. The number of piperazine rings is 1. The van der Waals surface area contributed by atoms with Gasteiger partial charge in [-0.3, -0.25) is 0 Å². The van der Waals surface area contributed by atoms with Crippen molar-refractivity contribution in [3.8, 4) is 0 Å². The zero-order valence-electron chi connectivity index (χ0n) is 8.42. The molecule has 3 heteroatoms. The molecule has 0 saturated carbocycles. The maximum absolute atomic E-state index is 3.51. The van der Waals surface area contributed by atoms with E-state index in [9.17, 15) is 0 Å². The van der Waals surface area contributed by atoms with Crippen LogP contribution >= 0.6 is 12.4 Å². The van der Waals surface area contributed by atoms with Gasteiger partial charge >= 0.3 is 0 Å². The molecule has 0 unspecified atom stereocenters. The van der Waals surface area contributed by atoms with E-state index in [-0.39, 0.29) is 12.4 Å². The second-order valence-corrected chi connectivity index (χ2v) is 3.57. The van der Waals surface area contributed by atoms with Gasteiger partial charge in [0, 0.05) is 25.7 Å². The zero-order chi connectivity index (χ0) is 9.10. The van der Waals surface area contributed by atoms with Gasteiger partial charge < -0.3 is 10.6 Å². The third-order valence-corrected chi connectivity index (χ3v) is 2.60. The lowest BCUT2D eigenvalue weighted by molar-refractivity contribution is 0.429. The number of aryl methyl sites for hydroxylation is 1. The number of benzene rings is 1. The van der Waals surface area contributed by atoms with Crippen LogP contribution in [0.1, 0.15) is 17.2 Å². The summed E-state index contributed by atoms with van der Waals surface area (Å²) in [6, 6.07) is 9.08. The van der Waals surface area contributed by atoms with Crippen molar-refractivity contribution in [2.45, 2.75) is 13.0 Å². The van der Waals surface area contributed by atoms with E-state index >= 15 is 0 Å². The molecule has 1 atom stereocenters. The molecule has 0 amide bonds. The average molecular weight is 213 g/mol. The fraction of sp³-hybridized carbons (Fsp3) is 0.455. The molecule has 1 aromatic carbocycles. The van der Waals surface area contributed by atoms with Crippen LogP contribution in [-0.2, 0) is 0 Å². The molecule has 1 saturated heterocycles. The monoisotopic (exact) mass is 212 g/mol. The number of nitrogens with one attached hydrogen (secondary N) is 2. The highest BCUT2D eigenvalue weighted by Crippen LogP contribution is 2.17. The SMILES string of the molecule is Cc1ccccc1[C@@H]1CNCCN1.Cl. The first-order valence-electron chi connectivity index (χ1n) is 4.87. The van der Waals surface area contributed by atoms with E-state index in [0.717, 1.165) is 19.6 Å². The fourth-order valence-electron chi connectivity index (χ4n) is 1.85. The summed E-state index contributed by atoms with van der Waals surface area (Å²) in [6.07, 6.45) is 0. The maximum atomic E-state index is 3.51. The Kier molecular flexibility index (Phi) is 4.39. The molecule has 1 heterocycles. The Hall–Kier alpha value is -0.570. The van der Waals surface area contributed by atoms with Crippen LogP contribution in [0.15, 0.2) is 24.3 Å². The van der Waals surface area contributed by atoms with Crippen molar-refractivity contribution in [1.29, 1.82) is 0 Å². The van der Waals surface area contributed by atoms with Crippen molar-refractivity contribution >= 4 is 12.4 Å². The topological polar surface area (TPSA) is 24.1 Å². The van der Waals surface area contributed by atoms with Gasteiger partial charge in [-0.05, 0) is 18.1 Å². The zero-order valence-corrected chi connectivity index (χ0v) is 9.23. The molecule has 0 spiro atoms. The van der Waals surface area contributed by atoms with Gasteiger partial charge in [0.05, 0.1) is 0 Å². The minimum atomic E-state index is 0. The highest BCUT2D eigenvalue weighted by molar-refractivity contribution is 5.85. The molecule has 1 fully saturated rings. The molecule has 2 nitrogen and oxygen atoms in total. The van der Waals surface area contributed by atoms with E-state index in [0.29, 0.717) is 6.04 Å². The molecule has 1 aliphatic rings. The molecule has 14 heavy (non-hydrogen) atoms. The van der Waals surface area contributed by atoms with Crippen molar-refractivity contribution in [2.24, 2.45) is 0 Å². The summed E-state index contributed by atoms with van der Waals surface area (Å²) in [6.45, 7) is 5.37. The van der Waals surface area contributed by atoms with Crippen molar-refractivity contribution in [3.63, 3.8) is 0 Å². The Morgan fingerprint density at radius 1 is 1.21 bits per heavy atom. The lowest BCUT2D eigenvalue weighted by atomic mass is 10.0. The van der Waals surface area contributed by atoms with Gasteiger partial charge in [0.2, 0.25) is 0 Å². The highest BCUT2D eigenvalue weighted by atomic mass is 35.5. The lowest BCUT2D eigenvalue weighted by Crippen LogP contribution is -2.42. The normalized spacial score (nSPS) is 21.4. The first-order chi connectivity index (χ1) is 6.38. The van der Waals surface area contributed by atoms with Crippen molar-refractivity contribution in [1.82, 2.24) is 10.6 Å². The van der Waals surface area contributed by atoms with Crippen LogP contribution < -0.4 is 10.6 Å². The van der Waals surface area contributed by atoms with Gasteiger partial charge in [0.25, 0.3) is 0 Å². The van der Waals surface area contributed by atoms with Crippen LogP contribution in [0, 0.1) is 6.92 Å². The number of hydrogen-bond donors (Lipinski definition) is 2. The minimum absolute atomic E-state index is 0. The molecule has 78 valence electrons. The Labute approximate surface area is 91.5 Å². The lowest BCUT2D eigenvalue weighted by Gasteiger charge is -2.26. The Balaban J connectivity index is 0.000000980. The molecular weight excluding hydrogens is 196 g/mol. The third kappa shape index (κ3) is 2.47. The summed E-state index contributed by atoms with van der Waals surface area (Å²) >= 11 is 0. The minimum Gasteiger partial charge on any atom is -0.314 e. The molecule has 0 radical (unpaired) electrons. The van der Waals surface area contributed by atoms with Gasteiger partial charge in [-0.2, -0.15) is 0 Å². The van der Waals surface area contributed by atoms with E-state index in [1.807, 2.05) is 0 Å². The molecule has 0 aromatic heterocycles. The van der Waals surface area contributed by atoms with Crippen LogP contribution in [0.3, 0.4) is 0 Å². The molecular formula is C11H17ClN2. The second kappa shape index (κ2) is 5.35. The van der Waals surface area contributed by atoms with E-state index in [1.165, 1.54) is 11.1 Å². The number of halogens is 1. The summed E-state index contributed by atoms with van der Waals surface area (Å²) in [7, 11) is 0. The van der Waals surface area contributed by atoms with Gasteiger partial charge in [-0.25, -0.2) is 0 Å². The quantitative estimate of drug-likeness (QED) is 0.740. The van der Waals surface area contributed by atoms with Crippen LogP contribution in [0.4, 0.5) is 0 Å². The van der Waals surface area contributed by atoms with Crippen LogP contribution in [-0.4, -0.2) is 19.6 Å². The van der Waals surface area contributed by atoms with E-state index in [2.05, 4.69) is 41.8 Å². The van der Waals surface area contributed by atoms with E-state index < -0.39 is 0 Å². The molecule has 0 aliphatic carbocycles. The van der Waals surface area contributed by atoms with E-state index in [1.54, 1.807) is 0 Å². The van der Waals surface area contributed by atoms with Crippen molar-refractivity contribution in [2.75, 3.05) is 19.6 Å². The third-order valence-electron chi connectivity index (χ3n) is 2.60. The van der Waals surface area contributed by atoms with Gasteiger partial charge in [0.15, 0.2) is 0 Å². The predicted octanol–water partition coefficient (Wildman–Crippen LogP) is 1.65. The molecule has 0 bridgehead atoms. The van der Waals surface area contributed by atoms with Crippen molar-refractivity contribution in [3.05, 3.63) is 35.4 Å². The van der Waals surface area contributed by atoms with Gasteiger partial charge in [-0.15, -0.1) is 12.4 Å². The Morgan fingerprint density at radius 2 is 2.00 bits per heavy atom. The largest absolute Gasteiger partial charge is 0.314 e. The summed E-state index contributed by atoms with van der Waals surface area (Å²) < 4.78 is 0. The van der Waals surface area contributed by atoms with Crippen molar-refractivity contribution < 1.29 is 0 Å². The molecule has 2 N–H and O–H groups in total. The summed E-state index contributed by atoms with van der Waals surface area (Å²) in [5, 5.41) is 6.91. The predicted molar refractivity (Wildman–Crippen MR) is 62.0 cm³/mol. The van der Waals surface area contributed by atoms with Crippen LogP contribution in [0.2, 0.25) is 0 Å². The molecule has 2 rings (SSSR count). The van der Waals surface area contributed by atoms with Crippen LogP contribution in [0.5, 0.6) is 0 Å². The Morgan fingerprint density at radius 3 is 2.64 bits per heavy atom. The molecule has 1 aliphatic heterocycles. The van der Waals surface area contributed by atoms with Gasteiger partial charge in [0.1, 0.15) is 0 Å². The highest BCUT2D eigenvalue weighted by Gasteiger charge is 2.14. The van der Waals surface area contributed by atoms with Crippen LogP contribution in [0.25, 0.3) is 0 Å². The molecule has 1 aromatic rings. The second-order valence-electron chi connectivity index (χ2n) is 3.57.